The summed E-state index contributed by atoms with van der Waals surface area (Å²) in [5.41, 5.74) is 2.01. The van der Waals surface area contributed by atoms with Crippen molar-refractivity contribution in [1.29, 1.82) is 0 Å². The topological polar surface area (TPSA) is 29.1 Å². The zero-order valence-electron chi connectivity index (χ0n) is 12.3. The van der Waals surface area contributed by atoms with Crippen molar-refractivity contribution in [2.24, 2.45) is 0 Å². The van der Waals surface area contributed by atoms with Crippen LogP contribution in [0.15, 0.2) is 42.5 Å². The van der Waals surface area contributed by atoms with Gasteiger partial charge in [0.2, 0.25) is 5.91 Å². The van der Waals surface area contributed by atoms with Gasteiger partial charge in [-0.2, -0.15) is 0 Å². The quantitative estimate of drug-likeness (QED) is 0.703. The molecule has 0 aromatic heterocycles. The fraction of sp³-hybridized carbons (Fsp3) is 0.235. The Labute approximate surface area is 155 Å². The number of rotatable bonds is 7. The maximum Gasteiger partial charge on any atom is 0.230 e. The second-order valence-corrected chi connectivity index (χ2v) is 7.16. The summed E-state index contributed by atoms with van der Waals surface area (Å²) in [6.45, 7) is 0.605. The molecule has 6 heteroatoms. The van der Waals surface area contributed by atoms with Crippen molar-refractivity contribution in [2.45, 2.75) is 12.2 Å². The maximum atomic E-state index is 11.8. The Balaban J connectivity index is 1.68. The van der Waals surface area contributed by atoms with Gasteiger partial charge in [0.25, 0.3) is 0 Å². The molecule has 0 spiro atoms. The smallest absolute Gasteiger partial charge is 0.230 e. The molecule has 122 valence electrons. The summed E-state index contributed by atoms with van der Waals surface area (Å²) >= 11 is 19.5. The van der Waals surface area contributed by atoms with E-state index in [0.717, 1.165) is 17.5 Å². The van der Waals surface area contributed by atoms with Gasteiger partial charge in [-0.15, -0.1) is 11.8 Å². The van der Waals surface area contributed by atoms with Crippen molar-refractivity contribution in [2.75, 3.05) is 12.3 Å². The highest BCUT2D eigenvalue weighted by Crippen LogP contribution is 2.28. The average Bonchev–Trinajstić information content (AvgIpc) is 2.52. The van der Waals surface area contributed by atoms with Crippen LogP contribution in [0.1, 0.15) is 11.1 Å². The Morgan fingerprint density at radius 3 is 2.30 bits per heavy atom. The lowest BCUT2D eigenvalue weighted by Gasteiger charge is -2.08. The van der Waals surface area contributed by atoms with Gasteiger partial charge in [-0.05, 0) is 41.8 Å². The second kappa shape index (κ2) is 9.43. The van der Waals surface area contributed by atoms with Crippen LogP contribution >= 0.6 is 46.6 Å². The van der Waals surface area contributed by atoms with Gasteiger partial charge in [-0.25, -0.2) is 0 Å². The normalized spacial score (nSPS) is 10.6. The molecule has 2 aromatic rings. The summed E-state index contributed by atoms with van der Waals surface area (Å²) in [5, 5.41) is 4.88. The van der Waals surface area contributed by atoms with Crippen molar-refractivity contribution in [1.82, 2.24) is 5.32 Å². The highest BCUT2D eigenvalue weighted by atomic mass is 35.5. The summed E-state index contributed by atoms with van der Waals surface area (Å²) in [6.07, 6.45) is 0.782. The molecule has 0 radical (unpaired) electrons. The van der Waals surface area contributed by atoms with Crippen LogP contribution in [0.25, 0.3) is 0 Å². The summed E-state index contributed by atoms with van der Waals surface area (Å²) in [4.78, 5) is 11.8. The lowest BCUT2D eigenvalue weighted by molar-refractivity contribution is -0.118. The molecule has 1 amide bonds. The van der Waals surface area contributed by atoms with E-state index in [1.165, 1.54) is 11.8 Å². The number of halogens is 3. The summed E-state index contributed by atoms with van der Waals surface area (Å²) < 4.78 is 0. The predicted molar refractivity (Wildman–Crippen MR) is 101 cm³/mol. The van der Waals surface area contributed by atoms with Crippen molar-refractivity contribution >= 4 is 52.5 Å². The third kappa shape index (κ3) is 6.27. The van der Waals surface area contributed by atoms with Crippen molar-refractivity contribution in [3.63, 3.8) is 0 Å². The van der Waals surface area contributed by atoms with E-state index in [0.29, 0.717) is 33.1 Å². The molecule has 0 aliphatic rings. The molecule has 0 heterocycles. The number of benzene rings is 2. The molecule has 0 saturated heterocycles. The monoisotopic (exact) mass is 387 g/mol. The van der Waals surface area contributed by atoms with E-state index in [-0.39, 0.29) is 5.91 Å². The van der Waals surface area contributed by atoms with Gasteiger partial charge in [0, 0.05) is 27.4 Å². The Bertz CT molecular complexity index is 641. The molecule has 0 fully saturated rings. The van der Waals surface area contributed by atoms with Gasteiger partial charge in [-0.1, -0.05) is 53.0 Å². The van der Waals surface area contributed by atoms with Gasteiger partial charge in [-0.3, -0.25) is 4.79 Å². The van der Waals surface area contributed by atoms with Crippen LogP contribution in [0.4, 0.5) is 0 Å². The molecule has 0 aliphatic carbocycles. The molecule has 2 aromatic carbocycles. The van der Waals surface area contributed by atoms with Gasteiger partial charge < -0.3 is 5.32 Å². The van der Waals surface area contributed by atoms with Gasteiger partial charge in [0.1, 0.15) is 0 Å². The van der Waals surface area contributed by atoms with Crippen molar-refractivity contribution in [3.8, 4) is 0 Å². The SMILES string of the molecule is O=C(CSCc1c(Cl)cccc1Cl)NCCc1ccc(Cl)cc1. The van der Waals surface area contributed by atoms with Crippen LogP contribution in [0.5, 0.6) is 0 Å². The summed E-state index contributed by atoms with van der Waals surface area (Å²) in [7, 11) is 0. The van der Waals surface area contributed by atoms with Crippen LogP contribution in [0, 0.1) is 0 Å². The van der Waals surface area contributed by atoms with E-state index in [1.54, 1.807) is 12.1 Å². The predicted octanol–water partition coefficient (Wildman–Crippen LogP) is 5.24. The lowest BCUT2D eigenvalue weighted by atomic mass is 10.1. The Morgan fingerprint density at radius 2 is 1.65 bits per heavy atom. The average molecular weight is 389 g/mol. The Morgan fingerprint density at radius 1 is 1.00 bits per heavy atom. The number of thioether (sulfide) groups is 1. The largest absolute Gasteiger partial charge is 0.355 e. The molecule has 0 aliphatic heterocycles. The van der Waals surface area contributed by atoms with E-state index in [2.05, 4.69) is 5.32 Å². The van der Waals surface area contributed by atoms with E-state index in [4.69, 9.17) is 34.8 Å². The molecule has 0 unspecified atom stereocenters. The number of amides is 1. The lowest BCUT2D eigenvalue weighted by Crippen LogP contribution is -2.27. The number of hydrogen-bond donors (Lipinski definition) is 1. The molecule has 1 N–H and O–H groups in total. The van der Waals surface area contributed by atoms with Gasteiger partial charge >= 0.3 is 0 Å². The molecule has 0 saturated carbocycles. The van der Waals surface area contributed by atoms with E-state index in [9.17, 15) is 4.79 Å². The first-order chi connectivity index (χ1) is 11.1. The molecule has 23 heavy (non-hydrogen) atoms. The number of carbonyl (C=O) groups is 1. The zero-order valence-corrected chi connectivity index (χ0v) is 15.4. The summed E-state index contributed by atoms with van der Waals surface area (Å²) in [5.74, 6) is 0.998. The van der Waals surface area contributed by atoms with E-state index in [1.807, 2.05) is 30.3 Å². The third-order valence-corrected chi connectivity index (χ3v) is 5.11. The fourth-order valence-corrected chi connectivity index (χ4v) is 3.68. The molecule has 0 bridgehead atoms. The van der Waals surface area contributed by atoms with E-state index < -0.39 is 0 Å². The Kier molecular flexibility index (Phi) is 7.57. The highest BCUT2D eigenvalue weighted by molar-refractivity contribution is 7.99. The summed E-state index contributed by atoms with van der Waals surface area (Å²) in [6, 6.07) is 13.0. The molecule has 2 rings (SSSR count). The van der Waals surface area contributed by atoms with Crippen LogP contribution < -0.4 is 5.32 Å². The van der Waals surface area contributed by atoms with Gasteiger partial charge in [0.15, 0.2) is 0 Å². The first kappa shape index (κ1) is 18.5. The minimum Gasteiger partial charge on any atom is -0.355 e. The third-order valence-electron chi connectivity index (χ3n) is 3.19. The minimum atomic E-state index is 0.00661. The fourth-order valence-electron chi connectivity index (χ4n) is 1.96. The number of carbonyl (C=O) groups excluding carboxylic acids is 1. The number of hydrogen-bond acceptors (Lipinski definition) is 2. The van der Waals surface area contributed by atoms with Crippen LogP contribution in [-0.4, -0.2) is 18.2 Å². The first-order valence-corrected chi connectivity index (χ1v) is 9.37. The van der Waals surface area contributed by atoms with Crippen LogP contribution in [0.2, 0.25) is 15.1 Å². The molecule has 0 atom stereocenters. The molecule has 2 nitrogen and oxygen atoms in total. The number of nitrogens with one attached hydrogen (secondary N) is 1. The van der Waals surface area contributed by atoms with E-state index >= 15 is 0 Å². The van der Waals surface area contributed by atoms with Crippen molar-refractivity contribution < 1.29 is 4.79 Å². The molecular weight excluding hydrogens is 373 g/mol. The van der Waals surface area contributed by atoms with Crippen molar-refractivity contribution in [3.05, 3.63) is 68.7 Å². The van der Waals surface area contributed by atoms with Crippen LogP contribution in [0.3, 0.4) is 0 Å². The zero-order chi connectivity index (χ0) is 16.7. The highest BCUT2D eigenvalue weighted by Gasteiger charge is 2.07. The molecular formula is C17H16Cl3NOS. The standard InChI is InChI=1S/C17H16Cl3NOS/c18-13-6-4-12(5-7-13)8-9-21-17(22)11-23-10-14-15(19)2-1-3-16(14)20/h1-7H,8-11H2,(H,21,22). The first-order valence-electron chi connectivity index (χ1n) is 7.08. The Hall–Kier alpha value is -0.870. The van der Waals surface area contributed by atoms with Gasteiger partial charge in [0.05, 0.1) is 5.75 Å². The maximum absolute atomic E-state index is 11.8. The minimum absolute atomic E-state index is 0.00661. The van der Waals surface area contributed by atoms with Crippen LogP contribution in [-0.2, 0) is 17.0 Å². The second-order valence-electron chi connectivity index (χ2n) is 4.92.